The first-order valence-corrected chi connectivity index (χ1v) is 3.17. The number of rotatable bonds is 1. The summed E-state index contributed by atoms with van der Waals surface area (Å²) in [5.41, 5.74) is 0.689. The Bertz CT molecular complexity index is 393. The molecule has 0 unspecified atom stereocenters. The summed E-state index contributed by atoms with van der Waals surface area (Å²) in [7, 11) is 0. The third kappa shape index (κ3) is 0.797. The molecule has 2 heterocycles. The molecule has 0 radical (unpaired) electrons. The van der Waals surface area contributed by atoms with E-state index in [2.05, 4.69) is 10.2 Å². The van der Waals surface area contributed by atoms with Gasteiger partial charge in [0.05, 0.1) is 0 Å². The second-order valence-electron chi connectivity index (χ2n) is 2.10. The molecule has 2 rings (SSSR count). The highest BCUT2D eigenvalue weighted by Crippen LogP contribution is 1.99. The monoisotopic (exact) mass is 147 g/mol. The average Bonchev–Trinajstić information content (AvgIpc) is 2.47. The minimum Gasteiger partial charge on any atom is -0.294 e. The lowest BCUT2D eigenvalue weighted by Crippen LogP contribution is -1.89. The van der Waals surface area contributed by atoms with Gasteiger partial charge in [0.15, 0.2) is 11.9 Å². The van der Waals surface area contributed by atoms with Crippen LogP contribution in [0.15, 0.2) is 24.4 Å². The number of fused-ring (bicyclic) bond motifs is 1. The molecule has 4 heteroatoms. The van der Waals surface area contributed by atoms with E-state index < -0.39 is 0 Å². The van der Waals surface area contributed by atoms with Gasteiger partial charge in [-0.2, -0.15) is 0 Å². The number of hydrogen-bond acceptors (Lipinski definition) is 3. The average molecular weight is 147 g/mol. The van der Waals surface area contributed by atoms with Gasteiger partial charge in [-0.3, -0.25) is 9.20 Å². The predicted molar refractivity (Wildman–Crippen MR) is 38.4 cm³/mol. The SMILES string of the molecule is O=Cc1nnc2ccccn12. The molecule has 0 aliphatic rings. The molecular formula is C7H5N3O. The Kier molecular flexibility index (Phi) is 1.18. The summed E-state index contributed by atoms with van der Waals surface area (Å²) < 4.78 is 1.63. The van der Waals surface area contributed by atoms with Crippen LogP contribution in [0.4, 0.5) is 0 Å². The first-order chi connectivity index (χ1) is 5.42. The summed E-state index contributed by atoms with van der Waals surface area (Å²) in [6.45, 7) is 0. The van der Waals surface area contributed by atoms with Crippen molar-refractivity contribution in [2.75, 3.05) is 0 Å². The third-order valence-electron chi connectivity index (χ3n) is 1.45. The molecule has 0 saturated heterocycles. The van der Waals surface area contributed by atoms with Crippen molar-refractivity contribution in [2.45, 2.75) is 0 Å². The molecule has 0 aliphatic heterocycles. The Balaban J connectivity index is 2.86. The molecule has 0 aromatic carbocycles. The minimum absolute atomic E-state index is 0.334. The molecule has 0 atom stereocenters. The van der Waals surface area contributed by atoms with E-state index in [4.69, 9.17) is 0 Å². The molecular weight excluding hydrogens is 142 g/mol. The van der Waals surface area contributed by atoms with Crippen molar-refractivity contribution in [3.63, 3.8) is 0 Å². The Morgan fingerprint density at radius 3 is 3.09 bits per heavy atom. The van der Waals surface area contributed by atoms with E-state index >= 15 is 0 Å². The molecule has 0 fully saturated rings. The van der Waals surface area contributed by atoms with Crippen molar-refractivity contribution < 1.29 is 4.79 Å². The zero-order valence-electron chi connectivity index (χ0n) is 5.64. The third-order valence-corrected chi connectivity index (χ3v) is 1.45. The Morgan fingerprint density at radius 1 is 1.36 bits per heavy atom. The summed E-state index contributed by atoms with van der Waals surface area (Å²) in [4.78, 5) is 10.4. The Hall–Kier alpha value is -1.71. The van der Waals surface area contributed by atoms with E-state index in [0.29, 0.717) is 17.8 Å². The van der Waals surface area contributed by atoms with Gasteiger partial charge in [-0.25, -0.2) is 0 Å². The summed E-state index contributed by atoms with van der Waals surface area (Å²) >= 11 is 0. The van der Waals surface area contributed by atoms with Crippen LogP contribution >= 0.6 is 0 Å². The van der Waals surface area contributed by atoms with Crippen LogP contribution in [0.1, 0.15) is 10.6 Å². The molecule has 2 aromatic heterocycles. The van der Waals surface area contributed by atoms with Crippen LogP contribution in [0, 0.1) is 0 Å². The smallest absolute Gasteiger partial charge is 0.201 e. The second kappa shape index (κ2) is 2.16. The van der Waals surface area contributed by atoms with Crippen molar-refractivity contribution in [3.05, 3.63) is 30.2 Å². The number of carbonyl (C=O) groups is 1. The van der Waals surface area contributed by atoms with Crippen LogP contribution in [0.5, 0.6) is 0 Å². The first kappa shape index (κ1) is 6.03. The van der Waals surface area contributed by atoms with E-state index in [1.54, 1.807) is 16.7 Å². The summed E-state index contributed by atoms with van der Waals surface area (Å²) in [6, 6.07) is 5.46. The topological polar surface area (TPSA) is 47.3 Å². The van der Waals surface area contributed by atoms with Gasteiger partial charge in [0.2, 0.25) is 5.82 Å². The van der Waals surface area contributed by atoms with E-state index in [1.165, 1.54) is 0 Å². The van der Waals surface area contributed by atoms with Gasteiger partial charge in [-0.1, -0.05) is 6.07 Å². The highest BCUT2D eigenvalue weighted by Gasteiger charge is 1.99. The summed E-state index contributed by atoms with van der Waals surface area (Å²) in [5.74, 6) is 0.334. The van der Waals surface area contributed by atoms with Crippen LogP contribution in [-0.4, -0.2) is 20.9 Å². The normalized spacial score (nSPS) is 10.2. The summed E-state index contributed by atoms with van der Waals surface area (Å²) in [5, 5.41) is 7.43. The lowest BCUT2D eigenvalue weighted by Gasteiger charge is -1.88. The van der Waals surface area contributed by atoms with Crippen molar-refractivity contribution in [1.29, 1.82) is 0 Å². The molecule has 11 heavy (non-hydrogen) atoms. The fourth-order valence-electron chi connectivity index (χ4n) is 0.940. The van der Waals surface area contributed by atoms with Gasteiger partial charge in [-0.15, -0.1) is 10.2 Å². The molecule has 0 saturated carbocycles. The maximum Gasteiger partial charge on any atom is 0.201 e. The number of hydrogen-bond donors (Lipinski definition) is 0. The maximum atomic E-state index is 10.4. The van der Waals surface area contributed by atoms with Crippen LogP contribution in [0.25, 0.3) is 5.65 Å². The Morgan fingerprint density at radius 2 is 2.27 bits per heavy atom. The Labute approximate surface area is 62.5 Å². The second-order valence-corrected chi connectivity index (χ2v) is 2.10. The van der Waals surface area contributed by atoms with Crippen LogP contribution < -0.4 is 0 Å². The number of carbonyl (C=O) groups excluding carboxylic acids is 1. The zero-order chi connectivity index (χ0) is 7.68. The highest BCUT2D eigenvalue weighted by atomic mass is 16.1. The predicted octanol–water partition coefficient (Wildman–Crippen LogP) is 0.542. The van der Waals surface area contributed by atoms with Gasteiger partial charge in [0.1, 0.15) is 0 Å². The molecule has 0 spiro atoms. The van der Waals surface area contributed by atoms with E-state index in [9.17, 15) is 4.79 Å². The van der Waals surface area contributed by atoms with Crippen LogP contribution in [0.3, 0.4) is 0 Å². The minimum atomic E-state index is 0.334. The molecule has 0 aliphatic carbocycles. The van der Waals surface area contributed by atoms with Crippen LogP contribution in [0.2, 0.25) is 0 Å². The molecule has 0 N–H and O–H groups in total. The number of aromatic nitrogens is 3. The van der Waals surface area contributed by atoms with Gasteiger partial charge >= 0.3 is 0 Å². The first-order valence-electron chi connectivity index (χ1n) is 3.17. The van der Waals surface area contributed by atoms with E-state index in [-0.39, 0.29) is 0 Å². The maximum absolute atomic E-state index is 10.4. The van der Waals surface area contributed by atoms with E-state index in [1.807, 2.05) is 12.1 Å². The van der Waals surface area contributed by atoms with Crippen molar-refractivity contribution in [1.82, 2.24) is 14.6 Å². The van der Waals surface area contributed by atoms with E-state index in [0.717, 1.165) is 0 Å². The standard InChI is InChI=1S/C7H5N3O/c11-5-7-9-8-6-3-1-2-4-10(6)7/h1-5H. The van der Waals surface area contributed by atoms with Gasteiger partial charge in [-0.05, 0) is 12.1 Å². The van der Waals surface area contributed by atoms with Gasteiger partial charge in [0, 0.05) is 6.20 Å². The van der Waals surface area contributed by atoms with Gasteiger partial charge < -0.3 is 0 Å². The van der Waals surface area contributed by atoms with Crippen molar-refractivity contribution in [2.24, 2.45) is 0 Å². The number of nitrogens with zero attached hydrogens (tertiary/aromatic N) is 3. The number of aldehydes is 1. The largest absolute Gasteiger partial charge is 0.294 e. The lowest BCUT2D eigenvalue weighted by atomic mass is 10.5. The van der Waals surface area contributed by atoms with Crippen molar-refractivity contribution in [3.8, 4) is 0 Å². The van der Waals surface area contributed by atoms with Crippen LogP contribution in [-0.2, 0) is 0 Å². The van der Waals surface area contributed by atoms with Gasteiger partial charge in [0.25, 0.3) is 0 Å². The fourth-order valence-corrected chi connectivity index (χ4v) is 0.940. The number of pyridine rings is 1. The molecule has 4 nitrogen and oxygen atoms in total. The quantitative estimate of drug-likeness (QED) is 0.553. The molecule has 54 valence electrons. The molecule has 0 bridgehead atoms. The fraction of sp³-hybridized carbons (Fsp3) is 0. The zero-order valence-corrected chi connectivity index (χ0v) is 5.64. The molecule has 2 aromatic rings. The summed E-state index contributed by atoms with van der Waals surface area (Å²) in [6.07, 6.45) is 2.43. The highest BCUT2D eigenvalue weighted by molar-refractivity contribution is 5.70. The molecule has 0 amide bonds. The lowest BCUT2D eigenvalue weighted by molar-refractivity contribution is 0.111. The van der Waals surface area contributed by atoms with Crippen molar-refractivity contribution >= 4 is 11.9 Å².